The zero-order chi connectivity index (χ0) is 20.9. The van der Waals surface area contributed by atoms with Crippen molar-refractivity contribution in [2.75, 3.05) is 20.2 Å². The van der Waals surface area contributed by atoms with Gasteiger partial charge in [0.15, 0.2) is 0 Å². The standard InChI is InChI=1S/C24H33N3O2/c1-24(2,3)23(28)26-22(21-9-5-6-14-25-21)19-8-7-15-27(17-19)16-18-10-12-20(29-4)13-11-18/h5-6,9-14,19,22H,7-8,15-17H2,1-4H3,(H,26,28)/t19-,22-/m1/s1. The van der Waals surface area contributed by atoms with Gasteiger partial charge in [0, 0.05) is 24.7 Å². The highest BCUT2D eigenvalue weighted by Crippen LogP contribution is 2.31. The van der Waals surface area contributed by atoms with Crippen LogP contribution in [0.4, 0.5) is 0 Å². The number of hydrogen-bond acceptors (Lipinski definition) is 4. The fourth-order valence-corrected chi connectivity index (χ4v) is 3.85. The van der Waals surface area contributed by atoms with E-state index in [9.17, 15) is 4.79 Å². The van der Waals surface area contributed by atoms with Crippen LogP contribution >= 0.6 is 0 Å². The summed E-state index contributed by atoms with van der Waals surface area (Å²) in [4.78, 5) is 19.8. The van der Waals surface area contributed by atoms with Crippen LogP contribution in [0.3, 0.4) is 0 Å². The van der Waals surface area contributed by atoms with Gasteiger partial charge in [-0.05, 0) is 55.1 Å². The number of nitrogens with zero attached hydrogens (tertiary/aromatic N) is 2. The van der Waals surface area contributed by atoms with Crippen molar-refractivity contribution in [3.05, 3.63) is 59.9 Å². The van der Waals surface area contributed by atoms with Crippen LogP contribution in [0.1, 0.15) is 50.9 Å². The maximum Gasteiger partial charge on any atom is 0.225 e. The number of rotatable bonds is 6. The number of carbonyl (C=O) groups excluding carboxylic acids is 1. The first kappa shape index (κ1) is 21.3. The van der Waals surface area contributed by atoms with Gasteiger partial charge >= 0.3 is 0 Å². The first-order valence-corrected chi connectivity index (χ1v) is 10.4. The molecule has 1 saturated heterocycles. The quantitative estimate of drug-likeness (QED) is 0.796. The van der Waals surface area contributed by atoms with E-state index in [0.29, 0.717) is 5.92 Å². The van der Waals surface area contributed by atoms with Gasteiger partial charge in [-0.2, -0.15) is 0 Å². The van der Waals surface area contributed by atoms with Crippen LogP contribution < -0.4 is 10.1 Å². The molecule has 1 aromatic heterocycles. The number of carbonyl (C=O) groups is 1. The highest BCUT2D eigenvalue weighted by atomic mass is 16.5. The molecular formula is C24H33N3O2. The Morgan fingerprint density at radius 1 is 1.24 bits per heavy atom. The molecule has 5 heteroatoms. The topological polar surface area (TPSA) is 54.5 Å². The summed E-state index contributed by atoms with van der Waals surface area (Å²) in [6.07, 6.45) is 4.02. The SMILES string of the molecule is COc1ccc(CN2CCC[C@@H]([C@@H](NC(=O)C(C)(C)C)c3ccccn3)C2)cc1. The molecule has 29 heavy (non-hydrogen) atoms. The third-order valence-corrected chi connectivity index (χ3v) is 5.55. The fraction of sp³-hybridized carbons (Fsp3) is 0.500. The summed E-state index contributed by atoms with van der Waals surface area (Å²) in [5, 5.41) is 3.30. The molecule has 1 fully saturated rings. The van der Waals surface area contributed by atoms with E-state index in [1.54, 1.807) is 7.11 Å². The van der Waals surface area contributed by atoms with Crippen molar-refractivity contribution < 1.29 is 9.53 Å². The number of methoxy groups -OCH3 is 1. The monoisotopic (exact) mass is 395 g/mol. The highest BCUT2D eigenvalue weighted by molar-refractivity contribution is 5.81. The lowest BCUT2D eigenvalue weighted by molar-refractivity contribution is -0.130. The summed E-state index contributed by atoms with van der Waals surface area (Å²) < 4.78 is 5.26. The Morgan fingerprint density at radius 2 is 2.00 bits per heavy atom. The second-order valence-electron chi connectivity index (χ2n) is 8.94. The number of amides is 1. The average Bonchev–Trinajstić information content (AvgIpc) is 2.72. The molecule has 1 aromatic carbocycles. The van der Waals surface area contributed by atoms with Crippen molar-refractivity contribution in [1.29, 1.82) is 0 Å². The van der Waals surface area contributed by atoms with Crippen LogP contribution in [0.2, 0.25) is 0 Å². The first-order valence-electron chi connectivity index (χ1n) is 10.4. The minimum absolute atomic E-state index is 0.0680. The van der Waals surface area contributed by atoms with Gasteiger partial charge in [-0.3, -0.25) is 14.7 Å². The van der Waals surface area contributed by atoms with E-state index in [2.05, 4.69) is 27.3 Å². The normalized spacial score (nSPS) is 18.8. The lowest BCUT2D eigenvalue weighted by atomic mass is 9.86. The molecule has 1 aliphatic rings. The maximum absolute atomic E-state index is 12.8. The number of ether oxygens (including phenoxy) is 1. The zero-order valence-corrected chi connectivity index (χ0v) is 18.0. The van der Waals surface area contributed by atoms with E-state index in [0.717, 1.165) is 43.9 Å². The molecule has 3 rings (SSSR count). The molecule has 1 N–H and O–H groups in total. The van der Waals surface area contributed by atoms with Gasteiger partial charge in [0.1, 0.15) is 5.75 Å². The zero-order valence-electron chi connectivity index (χ0n) is 18.0. The third-order valence-electron chi connectivity index (χ3n) is 5.55. The van der Waals surface area contributed by atoms with Crippen LogP contribution in [0.5, 0.6) is 5.75 Å². The van der Waals surface area contributed by atoms with Crippen molar-refractivity contribution in [2.24, 2.45) is 11.3 Å². The molecule has 2 heterocycles. The Hall–Kier alpha value is -2.40. The van der Waals surface area contributed by atoms with Crippen molar-refractivity contribution in [1.82, 2.24) is 15.2 Å². The van der Waals surface area contributed by atoms with Gasteiger partial charge in [0.25, 0.3) is 0 Å². The highest BCUT2D eigenvalue weighted by Gasteiger charge is 2.33. The molecule has 2 atom stereocenters. The molecule has 156 valence electrons. The summed E-state index contributed by atoms with van der Waals surface area (Å²) in [5.74, 6) is 1.29. The average molecular weight is 396 g/mol. The Kier molecular flexibility index (Phi) is 6.91. The molecule has 0 spiro atoms. The lowest BCUT2D eigenvalue weighted by Crippen LogP contribution is -2.45. The molecule has 0 bridgehead atoms. The van der Waals surface area contributed by atoms with E-state index in [-0.39, 0.29) is 11.9 Å². The Morgan fingerprint density at radius 3 is 2.62 bits per heavy atom. The van der Waals surface area contributed by atoms with Gasteiger partial charge in [-0.25, -0.2) is 0 Å². The van der Waals surface area contributed by atoms with E-state index in [1.165, 1.54) is 5.56 Å². The Labute approximate surface area is 174 Å². The molecule has 1 amide bonds. The van der Waals surface area contributed by atoms with Gasteiger partial charge in [0.2, 0.25) is 5.91 Å². The molecule has 0 saturated carbocycles. The number of hydrogen-bond donors (Lipinski definition) is 1. The fourth-order valence-electron chi connectivity index (χ4n) is 3.85. The number of likely N-dealkylation sites (tertiary alicyclic amines) is 1. The van der Waals surface area contributed by atoms with Crippen molar-refractivity contribution in [2.45, 2.75) is 46.2 Å². The summed E-state index contributed by atoms with van der Waals surface area (Å²) >= 11 is 0. The molecule has 0 radical (unpaired) electrons. The summed E-state index contributed by atoms with van der Waals surface area (Å²) in [6, 6.07) is 14.1. The van der Waals surface area contributed by atoms with Crippen LogP contribution in [0.25, 0.3) is 0 Å². The van der Waals surface area contributed by atoms with Gasteiger partial charge in [-0.15, -0.1) is 0 Å². The molecule has 2 aromatic rings. The van der Waals surface area contributed by atoms with E-state index >= 15 is 0 Å². The Bertz CT molecular complexity index is 784. The van der Waals surface area contributed by atoms with Crippen molar-refractivity contribution >= 4 is 5.91 Å². The van der Waals surface area contributed by atoms with E-state index < -0.39 is 5.41 Å². The molecule has 5 nitrogen and oxygen atoms in total. The molecule has 0 unspecified atom stereocenters. The van der Waals surface area contributed by atoms with Gasteiger partial charge < -0.3 is 10.1 Å². The van der Waals surface area contributed by atoms with Crippen molar-refractivity contribution in [3.63, 3.8) is 0 Å². The molecular weight excluding hydrogens is 362 g/mol. The second kappa shape index (κ2) is 9.40. The lowest BCUT2D eigenvalue weighted by Gasteiger charge is -2.38. The minimum atomic E-state index is -0.426. The predicted octanol–water partition coefficient (Wildman–Crippen LogP) is 4.21. The first-order chi connectivity index (χ1) is 13.9. The number of benzene rings is 1. The number of aromatic nitrogens is 1. The third kappa shape index (κ3) is 5.80. The predicted molar refractivity (Wildman–Crippen MR) is 116 cm³/mol. The number of piperidine rings is 1. The Balaban J connectivity index is 1.73. The van der Waals surface area contributed by atoms with Gasteiger partial charge in [-0.1, -0.05) is 39.0 Å². The summed E-state index contributed by atoms with van der Waals surface area (Å²) in [6.45, 7) is 8.78. The van der Waals surface area contributed by atoms with Crippen LogP contribution in [-0.4, -0.2) is 36.0 Å². The van der Waals surface area contributed by atoms with Crippen LogP contribution in [0, 0.1) is 11.3 Å². The van der Waals surface area contributed by atoms with E-state index in [1.807, 2.05) is 57.3 Å². The van der Waals surface area contributed by atoms with Crippen LogP contribution in [0.15, 0.2) is 48.7 Å². The summed E-state index contributed by atoms with van der Waals surface area (Å²) in [7, 11) is 1.69. The van der Waals surface area contributed by atoms with Gasteiger partial charge in [0.05, 0.1) is 18.8 Å². The summed E-state index contributed by atoms with van der Waals surface area (Å²) in [5.41, 5.74) is 1.80. The molecule has 1 aliphatic heterocycles. The number of nitrogens with one attached hydrogen (secondary N) is 1. The van der Waals surface area contributed by atoms with E-state index in [4.69, 9.17) is 4.74 Å². The second-order valence-corrected chi connectivity index (χ2v) is 8.94. The smallest absolute Gasteiger partial charge is 0.225 e. The number of pyridine rings is 1. The maximum atomic E-state index is 12.8. The minimum Gasteiger partial charge on any atom is -0.497 e. The molecule has 0 aliphatic carbocycles. The largest absolute Gasteiger partial charge is 0.497 e. The van der Waals surface area contributed by atoms with Crippen LogP contribution in [-0.2, 0) is 11.3 Å². The van der Waals surface area contributed by atoms with Crippen molar-refractivity contribution in [3.8, 4) is 5.75 Å².